The lowest BCUT2D eigenvalue weighted by Crippen LogP contribution is -2.19. The first-order valence-corrected chi connectivity index (χ1v) is 7.70. The Bertz CT molecular complexity index is 564. The molecule has 2 nitrogen and oxygen atoms in total. The highest BCUT2D eigenvalue weighted by atomic mass is 79.9. The molecule has 3 heteroatoms. The van der Waals surface area contributed by atoms with Crippen LogP contribution in [-0.4, -0.2) is 7.05 Å². The molecule has 0 saturated carbocycles. The zero-order chi connectivity index (χ0) is 14.5. The third kappa shape index (κ3) is 3.62. The van der Waals surface area contributed by atoms with E-state index in [-0.39, 0.29) is 0 Å². The van der Waals surface area contributed by atoms with E-state index in [0.717, 1.165) is 23.0 Å². The molecule has 0 aliphatic rings. The first kappa shape index (κ1) is 15.1. The van der Waals surface area contributed by atoms with Crippen LogP contribution in [0.4, 0.5) is 5.69 Å². The number of nitrogens with zero attached hydrogens (tertiary/aromatic N) is 1. The van der Waals surface area contributed by atoms with Crippen LogP contribution in [0.2, 0.25) is 0 Å². The molecule has 0 unspecified atom stereocenters. The summed E-state index contributed by atoms with van der Waals surface area (Å²) in [6.45, 7) is 3.61. The quantitative estimate of drug-likeness (QED) is 0.892. The number of hydrogen-bond donors (Lipinski definition) is 1. The predicted octanol–water partition coefficient (Wildman–Crippen LogP) is 4.11. The van der Waals surface area contributed by atoms with E-state index in [1.807, 2.05) is 0 Å². The van der Waals surface area contributed by atoms with E-state index in [2.05, 4.69) is 77.3 Å². The van der Waals surface area contributed by atoms with Crippen LogP contribution in [0.25, 0.3) is 0 Å². The van der Waals surface area contributed by atoms with Crippen molar-refractivity contribution in [2.75, 3.05) is 11.9 Å². The Kier molecular flexibility index (Phi) is 5.21. The van der Waals surface area contributed by atoms with Gasteiger partial charge in [0.25, 0.3) is 0 Å². The SMILES string of the molecule is CCc1ccc(CN(C)c2ccc(Br)cc2CN)cc1. The highest BCUT2D eigenvalue weighted by molar-refractivity contribution is 9.10. The summed E-state index contributed by atoms with van der Waals surface area (Å²) in [5, 5.41) is 0. The standard InChI is InChI=1S/C17H21BrN2/c1-3-13-4-6-14(7-5-13)12-20(2)17-9-8-16(18)10-15(17)11-19/h4-10H,3,11-12,19H2,1-2H3. The Hall–Kier alpha value is -1.32. The third-order valence-corrected chi connectivity index (χ3v) is 4.02. The van der Waals surface area contributed by atoms with Gasteiger partial charge in [-0.1, -0.05) is 47.1 Å². The minimum atomic E-state index is 0.549. The summed E-state index contributed by atoms with van der Waals surface area (Å²) in [5.41, 5.74) is 10.9. The maximum atomic E-state index is 5.84. The van der Waals surface area contributed by atoms with Gasteiger partial charge in [0.15, 0.2) is 0 Å². The molecule has 0 amide bonds. The molecule has 2 aromatic carbocycles. The first-order chi connectivity index (χ1) is 9.63. The van der Waals surface area contributed by atoms with Crippen LogP contribution in [0.3, 0.4) is 0 Å². The molecule has 0 radical (unpaired) electrons. The Morgan fingerprint density at radius 1 is 1.05 bits per heavy atom. The largest absolute Gasteiger partial charge is 0.370 e. The Morgan fingerprint density at radius 3 is 2.30 bits per heavy atom. The smallest absolute Gasteiger partial charge is 0.0426 e. The summed E-state index contributed by atoms with van der Waals surface area (Å²) in [5.74, 6) is 0. The van der Waals surface area contributed by atoms with Crippen LogP contribution in [0.1, 0.15) is 23.6 Å². The van der Waals surface area contributed by atoms with Gasteiger partial charge in [-0.2, -0.15) is 0 Å². The van der Waals surface area contributed by atoms with E-state index < -0.39 is 0 Å². The molecule has 2 N–H and O–H groups in total. The van der Waals surface area contributed by atoms with Gasteiger partial charge in [0, 0.05) is 30.3 Å². The Labute approximate surface area is 129 Å². The number of benzene rings is 2. The van der Waals surface area contributed by atoms with Gasteiger partial charge in [-0.3, -0.25) is 0 Å². The highest BCUT2D eigenvalue weighted by Crippen LogP contribution is 2.24. The Morgan fingerprint density at radius 2 is 1.70 bits per heavy atom. The molecule has 0 spiro atoms. The minimum Gasteiger partial charge on any atom is -0.370 e. The normalized spacial score (nSPS) is 10.6. The van der Waals surface area contributed by atoms with Gasteiger partial charge in [0.2, 0.25) is 0 Å². The molecule has 2 rings (SSSR count). The van der Waals surface area contributed by atoms with Gasteiger partial charge in [-0.05, 0) is 41.3 Å². The van der Waals surface area contributed by atoms with Gasteiger partial charge in [-0.25, -0.2) is 0 Å². The molecule has 20 heavy (non-hydrogen) atoms. The number of aryl methyl sites for hydroxylation is 1. The number of rotatable bonds is 5. The monoisotopic (exact) mass is 332 g/mol. The molecule has 0 aromatic heterocycles. The van der Waals surface area contributed by atoms with Gasteiger partial charge in [0.05, 0.1) is 0 Å². The number of nitrogens with two attached hydrogens (primary N) is 1. The van der Waals surface area contributed by atoms with E-state index in [9.17, 15) is 0 Å². The average molecular weight is 333 g/mol. The number of halogens is 1. The van der Waals surface area contributed by atoms with Crippen molar-refractivity contribution >= 4 is 21.6 Å². The van der Waals surface area contributed by atoms with E-state index in [1.165, 1.54) is 16.8 Å². The third-order valence-electron chi connectivity index (χ3n) is 3.52. The lowest BCUT2D eigenvalue weighted by molar-refractivity contribution is 0.902. The molecule has 0 fully saturated rings. The molecule has 0 aliphatic heterocycles. The minimum absolute atomic E-state index is 0.549. The second kappa shape index (κ2) is 6.91. The summed E-state index contributed by atoms with van der Waals surface area (Å²) in [6, 6.07) is 15.1. The van der Waals surface area contributed by atoms with Gasteiger partial charge in [-0.15, -0.1) is 0 Å². The van der Waals surface area contributed by atoms with Crippen molar-refractivity contribution in [2.45, 2.75) is 26.4 Å². The summed E-state index contributed by atoms with van der Waals surface area (Å²) in [4.78, 5) is 2.25. The second-order valence-corrected chi connectivity index (χ2v) is 5.92. The van der Waals surface area contributed by atoms with Crippen molar-refractivity contribution in [3.05, 3.63) is 63.6 Å². The molecule has 0 aliphatic carbocycles. The lowest BCUT2D eigenvalue weighted by atomic mass is 10.1. The number of hydrogen-bond acceptors (Lipinski definition) is 2. The van der Waals surface area contributed by atoms with Crippen molar-refractivity contribution in [3.8, 4) is 0 Å². The van der Waals surface area contributed by atoms with E-state index >= 15 is 0 Å². The van der Waals surface area contributed by atoms with Gasteiger partial charge < -0.3 is 10.6 Å². The first-order valence-electron chi connectivity index (χ1n) is 6.91. The molecule has 106 valence electrons. The van der Waals surface area contributed by atoms with Crippen molar-refractivity contribution < 1.29 is 0 Å². The maximum absolute atomic E-state index is 5.84. The average Bonchev–Trinajstić information content (AvgIpc) is 2.47. The Balaban J connectivity index is 2.16. The molecule has 0 atom stereocenters. The molecule has 2 aromatic rings. The fraction of sp³-hybridized carbons (Fsp3) is 0.294. The summed E-state index contributed by atoms with van der Waals surface area (Å²) < 4.78 is 1.07. The summed E-state index contributed by atoms with van der Waals surface area (Å²) in [7, 11) is 2.11. The fourth-order valence-corrected chi connectivity index (χ4v) is 2.74. The van der Waals surface area contributed by atoms with Crippen LogP contribution in [-0.2, 0) is 19.5 Å². The van der Waals surface area contributed by atoms with Crippen LogP contribution < -0.4 is 10.6 Å². The molecule has 0 saturated heterocycles. The maximum Gasteiger partial charge on any atom is 0.0426 e. The van der Waals surface area contributed by atoms with Gasteiger partial charge in [0.1, 0.15) is 0 Å². The molecular weight excluding hydrogens is 312 g/mol. The number of anilines is 1. The lowest BCUT2D eigenvalue weighted by Gasteiger charge is -2.22. The topological polar surface area (TPSA) is 29.3 Å². The predicted molar refractivity (Wildman–Crippen MR) is 90.0 cm³/mol. The van der Waals surface area contributed by atoms with E-state index in [4.69, 9.17) is 5.73 Å². The molecular formula is C17H21BrN2. The van der Waals surface area contributed by atoms with Crippen molar-refractivity contribution in [2.24, 2.45) is 5.73 Å². The van der Waals surface area contributed by atoms with Crippen molar-refractivity contribution in [3.63, 3.8) is 0 Å². The zero-order valence-electron chi connectivity index (χ0n) is 12.1. The fourth-order valence-electron chi connectivity index (χ4n) is 2.33. The van der Waals surface area contributed by atoms with Crippen LogP contribution in [0.5, 0.6) is 0 Å². The zero-order valence-corrected chi connectivity index (χ0v) is 13.7. The highest BCUT2D eigenvalue weighted by Gasteiger charge is 2.07. The molecule has 0 bridgehead atoms. The molecule has 0 heterocycles. The van der Waals surface area contributed by atoms with E-state index in [0.29, 0.717) is 6.54 Å². The van der Waals surface area contributed by atoms with Crippen molar-refractivity contribution in [1.29, 1.82) is 0 Å². The second-order valence-electron chi connectivity index (χ2n) is 5.00. The summed E-state index contributed by atoms with van der Waals surface area (Å²) >= 11 is 3.49. The summed E-state index contributed by atoms with van der Waals surface area (Å²) in [6.07, 6.45) is 1.08. The van der Waals surface area contributed by atoms with E-state index in [1.54, 1.807) is 0 Å². The van der Waals surface area contributed by atoms with Crippen LogP contribution in [0.15, 0.2) is 46.9 Å². The van der Waals surface area contributed by atoms with Gasteiger partial charge >= 0.3 is 0 Å². The van der Waals surface area contributed by atoms with Crippen LogP contribution in [0, 0.1) is 0 Å². The van der Waals surface area contributed by atoms with Crippen molar-refractivity contribution in [1.82, 2.24) is 0 Å². The van der Waals surface area contributed by atoms with Crippen LogP contribution >= 0.6 is 15.9 Å².